The van der Waals surface area contributed by atoms with Gasteiger partial charge in [0.15, 0.2) is 0 Å². The summed E-state index contributed by atoms with van der Waals surface area (Å²) in [7, 11) is 0. The molecule has 0 heterocycles. The first-order chi connectivity index (χ1) is 14.9. The van der Waals surface area contributed by atoms with Crippen LogP contribution in [0.15, 0.2) is 36.4 Å². The lowest BCUT2D eigenvalue weighted by molar-refractivity contribution is -0.117. The molecule has 2 amide bonds. The fraction of sp³-hybridized carbons (Fsp3) is 0.333. The van der Waals surface area contributed by atoms with Crippen molar-refractivity contribution in [2.45, 2.75) is 35.1 Å². The molecule has 32 heavy (non-hydrogen) atoms. The van der Waals surface area contributed by atoms with Crippen LogP contribution in [0.5, 0.6) is 0 Å². The van der Waals surface area contributed by atoms with Gasteiger partial charge in [-0.2, -0.15) is 0 Å². The fourth-order valence-corrected chi connectivity index (χ4v) is 5.14. The summed E-state index contributed by atoms with van der Waals surface area (Å²) in [6.45, 7) is 0. The van der Waals surface area contributed by atoms with Crippen LogP contribution in [0.2, 0.25) is 15.1 Å². The lowest BCUT2D eigenvalue weighted by atomic mass is 9.88. The zero-order valence-corrected chi connectivity index (χ0v) is 19.9. The van der Waals surface area contributed by atoms with Crippen molar-refractivity contribution in [3.05, 3.63) is 62.6 Å². The number of halogens is 7. The van der Waals surface area contributed by atoms with Gasteiger partial charge in [0, 0.05) is 30.5 Å². The maximum absolute atomic E-state index is 13.0. The van der Waals surface area contributed by atoms with E-state index < -0.39 is 52.8 Å². The molecule has 0 bridgehead atoms. The highest BCUT2D eigenvalue weighted by atomic mass is 35.5. The summed E-state index contributed by atoms with van der Waals surface area (Å²) >= 11 is 30.8. The molecule has 11 heteroatoms. The summed E-state index contributed by atoms with van der Waals surface area (Å²) in [5.74, 6) is -5.10. The van der Waals surface area contributed by atoms with Gasteiger partial charge in [-0.3, -0.25) is 9.59 Å². The lowest BCUT2D eigenvalue weighted by Gasteiger charge is -2.35. The molecule has 2 N–H and O–H groups in total. The first-order valence-electron chi connectivity index (χ1n) is 9.51. The molecular formula is C21H15Cl5F2N2O2. The average molecular weight is 543 g/mol. The largest absolute Gasteiger partial charge is 0.349 e. The van der Waals surface area contributed by atoms with Crippen LogP contribution in [0.25, 0.3) is 0 Å². The SMILES string of the molecule is O=C(NC1CC(F)(F)C1)c1cc(NC(=O)[C@H]2[C@H](c3ccc(Cl)c(Cl)c3)C2(Cl)Cl)ccc1Cl. The number of amides is 2. The molecule has 2 aromatic rings. The second-order valence-corrected chi connectivity index (χ2v) is 10.6. The number of benzene rings is 2. The van der Waals surface area contributed by atoms with Gasteiger partial charge in [-0.05, 0) is 35.9 Å². The molecule has 0 saturated heterocycles. The van der Waals surface area contributed by atoms with Gasteiger partial charge in [0.1, 0.15) is 4.33 Å². The van der Waals surface area contributed by atoms with Crippen LogP contribution in [0.3, 0.4) is 0 Å². The molecule has 0 spiro atoms. The Morgan fingerprint density at radius 2 is 1.59 bits per heavy atom. The maximum atomic E-state index is 13.0. The van der Waals surface area contributed by atoms with Crippen LogP contribution >= 0.6 is 58.0 Å². The van der Waals surface area contributed by atoms with E-state index in [0.717, 1.165) is 0 Å². The topological polar surface area (TPSA) is 58.2 Å². The van der Waals surface area contributed by atoms with Crippen molar-refractivity contribution in [3.8, 4) is 0 Å². The van der Waals surface area contributed by atoms with Crippen LogP contribution in [-0.4, -0.2) is 28.1 Å². The molecule has 2 aliphatic carbocycles. The second kappa shape index (κ2) is 8.48. The molecule has 2 aromatic carbocycles. The maximum Gasteiger partial charge on any atom is 0.253 e. The first-order valence-corrected chi connectivity index (χ1v) is 11.4. The van der Waals surface area contributed by atoms with E-state index in [1.54, 1.807) is 18.2 Å². The molecule has 4 rings (SSSR count). The van der Waals surface area contributed by atoms with Gasteiger partial charge in [-0.15, -0.1) is 23.2 Å². The monoisotopic (exact) mass is 540 g/mol. The third-order valence-corrected chi connectivity index (χ3v) is 7.55. The summed E-state index contributed by atoms with van der Waals surface area (Å²) in [6, 6.07) is 8.58. The summed E-state index contributed by atoms with van der Waals surface area (Å²) in [5.41, 5.74) is 1.00. The van der Waals surface area contributed by atoms with Gasteiger partial charge < -0.3 is 10.6 Å². The third kappa shape index (κ3) is 4.66. The van der Waals surface area contributed by atoms with Gasteiger partial charge >= 0.3 is 0 Å². The van der Waals surface area contributed by atoms with Crippen molar-refractivity contribution in [1.82, 2.24) is 5.32 Å². The van der Waals surface area contributed by atoms with Crippen molar-refractivity contribution in [1.29, 1.82) is 0 Å². The Bertz CT molecular complexity index is 1100. The molecular weight excluding hydrogens is 528 g/mol. The van der Waals surface area contributed by atoms with Crippen molar-refractivity contribution in [2.24, 2.45) is 5.92 Å². The Morgan fingerprint density at radius 1 is 0.938 bits per heavy atom. The number of anilines is 1. The van der Waals surface area contributed by atoms with Crippen LogP contribution in [0.4, 0.5) is 14.5 Å². The minimum atomic E-state index is -2.76. The zero-order chi connectivity index (χ0) is 23.4. The molecule has 0 radical (unpaired) electrons. The van der Waals surface area contributed by atoms with E-state index >= 15 is 0 Å². The summed E-state index contributed by atoms with van der Waals surface area (Å²) in [5, 5.41) is 5.99. The van der Waals surface area contributed by atoms with E-state index in [0.29, 0.717) is 15.6 Å². The van der Waals surface area contributed by atoms with Crippen molar-refractivity contribution in [3.63, 3.8) is 0 Å². The van der Waals surface area contributed by atoms with Gasteiger partial charge in [0.2, 0.25) is 5.91 Å². The van der Waals surface area contributed by atoms with E-state index in [2.05, 4.69) is 10.6 Å². The normalized spacial score (nSPS) is 23.2. The van der Waals surface area contributed by atoms with Gasteiger partial charge in [-0.25, -0.2) is 8.78 Å². The van der Waals surface area contributed by atoms with Crippen molar-refractivity contribution in [2.75, 3.05) is 5.32 Å². The Kier molecular flexibility index (Phi) is 6.31. The predicted molar refractivity (Wildman–Crippen MR) is 123 cm³/mol. The lowest BCUT2D eigenvalue weighted by Crippen LogP contribution is -2.50. The smallest absolute Gasteiger partial charge is 0.253 e. The second-order valence-electron chi connectivity index (χ2n) is 7.92. The standard InChI is InChI=1S/C21H15Cl5F2N2O2/c22-13-4-2-10(6-12(13)18(31)30-11-7-20(27,28)8-11)29-19(32)17-16(21(17,25)26)9-1-3-14(23)15(24)5-9/h1-6,11,16-17H,7-8H2,(H,29,32)(H,30,31)/t16-,17+/m0/s1. The van der Waals surface area contributed by atoms with Crippen LogP contribution in [0, 0.1) is 5.92 Å². The average Bonchev–Trinajstić information content (AvgIpc) is 3.26. The Balaban J connectivity index is 1.46. The summed E-state index contributed by atoms with van der Waals surface area (Å²) in [6.07, 6.45) is -0.837. The Hall–Kier alpha value is -1.31. The van der Waals surface area contributed by atoms with Gasteiger partial charge in [0.05, 0.1) is 26.5 Å². The van der Waals surface area contributed by atoms with Crippen molar-refractivity contribution >= 4 is 75.5 Å². The zero-order valence-electron chi connectivity index (χ0n) is 16.1. The van der Waals surface area contributed by atoms with E-state index in [9.17, 15) is 18.4 Å². The molecule has 2 atom stereocenters. The molecule has 2 saturated carbocycles. The highest BCUT2D eigenvalue weighted by Crippen LogP contribution is 2.65. The fourth-order valence-electron chi connectivity index (χ4n) is 3.80. The van der Waals surface area contributed by atoms with Crippen LogP contribution in [0.1, 0.15) is 34.7 Å². The number of hydrogen-bond donors (Lipinski definition) is 2. The molecule has 0 unspecified atom stereocenters. The number of alkyl halides is 4. The number of carbonyl (C=O) groups is 2. The molecule has 0 aliphatic heterocycles. The minimum Gasteiger partial charge on any atom is -0.349 e. The van der Waals surface area contributed by atoms with E-state index in [1.165, 1.54) is 18.2 Å². The Morgan fingerprint density at radius 3 is 2.22 bits per heavy atom. The third-order valence-electron chi connectivity index (χ3n) is 5.54. The minimum absolute atomic E-state index is 0.0551. The van der Waals surface area contributed by atoms with Gasteiger partial charge in [-0.1, -0.05) is 40.9 Å². The van der Waals surface area contributed by atoms with Crippen molar-refractivity contribution < 1.29 is 18.4 Å². The molecule has 2 fully saturated rings. The van der Waals surface area contributed by atoms with Gasteiger partial charge in [0.25, 0.3) is 11.8 Å². The quantitative estimate of drug-likeness (QED) is 0.413. The molecule has 2 aliphatic rings. The number of hydrogen-bond acceptors (Lipinski definition) is 2. The predicted octanol–water partition coefficient (Wildman–Crippen LogP) is 6.70. The number of carbonyl (C=O) groups excluding carboxylic acids is 2. The molecule has 170 valence electrons. The Labute approximate surface area is 207 Å². The van der Waals surface area contributed by atoms with E-state index in [-0.39, 0.29) is 16.3 Å². The highest BCUT2D eigenvalue weighted by molar-refractivity contribution is 6.53. The highest BCUT2D eigenvalue weighted by Gasteiger charge is 2.67. The summed E-state index contributed by atoms with van der Waals surface area (Å²) < 4.78 is 24.7. The van der Waals surface area contributed by atoms with E-state index in [4.69, 9.17) is 58.0 Å². The first kappa shape index (κ1) is 23.8. The van der Waals surface area contributed by atoms with E-state index in [1.807, 2.05) is 0 Å². The molecule has 4 nitrogen and oxygen atoms in total. The van der Waals surface area contributed by atoms with Crippen LogP contribution in [-0.2, 0) is 4.79 Å². The number of nitrogens with one attached hydrogen (secondary N) is 2. The van der Waals surface area contributed by atoms with Crippen LogP contribution < -0.4 is 10.6 Å². The summed E-state index contributed by atoms with van der Waals surface area (Å²) in [4.78, 5) is 25.3. The number of rotatable bonds is 5. The molecule has 0 aromatic heterocycles.